The van der Waals surface area contributed by atoms with Gasteiger partial charge in [0.05, 0.1) is 5.75 Å². The van der Waals surface area contributed by atoms with Gasteiger partial charge in [-0.3, -0.25) is 9.59 Å². The highest BCUT2D eigenvalue weighted by Gasteiger charge is 2.41. The molecule has 1 amide bonds. The van der Waals surface area contributed by atoms with Crippen LogP contribution in [-0.2, 0) is 9.59 Å². The number of amides is 1. The fourth-order valence-corrected chi connectivity index (χ4v) is 2.49. The van der Waals surface area contributed by atoms with Gasteiger partial charge in [0.25, 0.3) is 0 Å². The Labute approximate surface area is 100 Å². The van der Waals surface area contributed by atoms with Crippen LogP contribution in [0, 0.1) is 5.41 Å². The molecule has 0 bridgehead atoms. The Balaban J connectivity index is 2.13. The molecule has 1 aliphatic carbocycles. The number of rotatable bonds is 7. The molecule has 5 heteroatoms. The first kappa shape index (κ1) is 13.4. The number of carboxylic acid groups (broad SMARTS) is 1. The van der Waals surface area contributed by atoms with Crippen LogP contribution < -0.4 is 5.32 Å². The van der Waals surface area contributed by atoms with Crippen molar-refractivity contribution in [3.63, 3.8) is 0 Å². The lowest BCUT2D eigenvalue weighted by Crippen LogP contribution is -2.45. The number of aliphatic carboxylic acids is 1. The quantitative estimate of drug-likeness (QED) is 0.667. The molecule has 0 unspecified atom stereocenters. The highest BCUT2D eigenvalue weighted by atomic mass is 32.2. The predicted molar refractivity (Wildman–Crippen MR) is 64.5 cm³/mol. The summed E-state index contributed by atoms with van der Waals surface area (Å²) < 4.78 is 0. The fourth-order valence-electron chi connectivity index (χ4n) is 1.93. The van der Waals surface area contributed by atoms with E-state index in [0.29, 0.717) is 12.3 Å². The second-order valence-corrected chi connectivity index (χ2v) is 5.29. The maximum atomic E-state index is 11.8. The minimum absolute atomic E-state index is 0.106. The van der Waals surface area contributed by atoms with Gasteiger partial charge in [-0.15, -0.1) is 11.8 Å². The average Bonchev–Trinajstić information content (AvgIpc) is 2.16. The summed E-state index contributed by atoms with van der Waals surface area (Å²) in [6.45, 7) is 2.62. The van der Waals surface area contributed by atoms with Crippen LogP contribution in [0.2, 0.25) is 0 Å². The van der Waals surface area contributed by atoms with Gasteiger partial charge in [0, 0.05) is 17.7 Å². The van der Waals surface area contributed by atoms with Crippen LogP contribution in [0.25, 0.3) is 0 Å². The molecule has 0 heterocycles. The van der Waals surface area contributed by atoms with Crippen molar-refractivity contribution in [2.75, 3.05) is 18.1 Å². The third-order valence-electron chi connectivity index (χ3n) is 3.23. The summed E-state index contributed by atoms with van der Waals surface area (Å²) in [6, 6.07) is 0. The Morgan fingerprint density at radius 1 is 1.44 bits per heavy atom. The van der Waals surface area contributed by atoms with E-state index in [1.165, 1.54) is 11.8 Å². The number of carbonyl (C=O) groups excluding carboxylic acids is 1. The Morgan fingerprint density at radius 3 is 2.56 bits per heavy atom. The molecule has 0 aromatic heterocycles. The van der Waals surface area contributed by atoms with Gasteiger partial charge in [-0.1, -0.05) is 13.3 Å². The van der Waals surface area contributed by atoms with Gasteiger partial charge in [-0.25, -0.2) is 0 Å². The van der Waals surface area contributed by atoms with Crippen LogP contribution in [-0.4, -0.2) is 35.0 Å². The standard InChI is InChI=1S/C11H19NO3S/c1-2-11(4-3-5-11)10(15)12-6-7-16-8-9(13)14/h2-8H2,1H3,(H,12,15)(H,13,14). The number of hydrogen-bond donors (Lipinski definition) is 2. The molecule has 92 valence electrons. The molecule has 0 aromatic rings. The van der Waals surface area contributed by atoms with E-state index in [1.54, 1.807) is 0 Å². The van der Waals surface area contributed by atoms with Crippen molar-refractivity contribution in [3.05, 3.63) is 0 Å². The van der Waals surface area contributed by atoms with Crippen molar-refractivity contribution < 1.29 is 14.7 Å². The lowest BCUT2D eigenvalue weighted by molar-refractivity contribution is -0.136. The van der Waals surface area contributed by atoms with Crippen molar-refractivity contribution in [3.8, 4) is 0 Å². The lowest BCUT2D eigenvalue weighted by Gasteiger charge is -2.39. The van der Waals surface area contributed by atoms with Crippen molar-refractivity contribution in [2.24, 2.45) is 5.41 Å². The van der Waals surface area contributed by atoms with Crippen molar-refractivity contribution >= 4 is 23.6 Å². The summed E-state index contributed by atoms with van der Waals surface area (Å²) in [6.07, 6.45) is 4.05. The summed E-state index contributed by atoms with van der Waals surface area (Å²) >= 11 is 1.33. The van der Waals surface area contributed by atoms with E-state index in [0.717, 1.165) is 25.7 Å². The first-order chi connectivity index (χ1) is 7.60. The molecule has 16 heavy (non-hydrogen) atoms. The van der Waals surface area contributed by atoms with E-state index < -0.39 is 5.97 Å². The lowest BCUT2D eigenvalue weighted by atomic mass is 9.66. The van der Waals surface area contributed by atoms with E-state index in [-0.39, 0.29) is 17.1 Å². The Morgan fingerprint density at radius 2 is 2.12 bits per heavy atom. The van der Waals surface area contributed by atoms with Gasteiger partial charge in [0.2, 0.25) is 5.91 Å². The molecule has 0 saturated heterocycles. The van der Waals surface area contributed by atoms with E-state index in [9.17, 15) is 9.59 Å². The van der Waals surface area contributed by atoms with Crippen molar-refractivity contribution in [2.45, 2.75) is 32.6 Å². The Bertz CT molecular complexity index is 258. The summed E-state index contributed by atoms with van der Waals surface area (Å²) in [5, 5.41) is 11.3. The smallest absolute Gasteiger partial charge is 0.313 e. The zero-order chi connectivity index (χ0) is 12.0. The summed E-state index contributed by atoms with van der Waals surface area (Å²) in [4.78, 5) is 22.1. The third kappa shape index (κ3) is 3.40. The monoisotopic (exact) mass is 245 g/mol. The second-order valence-electron chi connectivity index (χ2n) is 4.19. The molecule has 0 aromatic carbocycles. The van der Waals surface area contributed by atoms with Gasteiger partial charge in [0.15, 0.2) is 0 Å². The maximum absolute atomic E-state index is 11.8. The van der Waals surface area contributed by atoms with E-state index in [2.05, 4.69) is 12.2 Å². The maximum Gasteiger partial charge on any atom is 0.313 e. The summed E-state index contributed by atoms with van der Waals surface area (Å²) in [5.41, 5.74) is -0.114. The van der Waals surface area contributed by atoms with Crippen LogP contribution in [0.5, 0.6) is 0 Å². The van der Waals surface area contributed by atoms with Crippen LogP contribution in [0.15, 0.2) is 0 Å². The fraction of sp³-hybridized carbons (Fsp3) is 0.818. The number of carbonyl (C=O) groups is 2. The first-order valence-electron chi connectivity index (χ1n) is 5.68. The molecule has 0 spiro atoms. The van der Waals surface area contributed by atoms with Gasteiger partial charge >= 0.3 is 5.97 Å². The van der Waals surface area contributed by atoms with Gasteiger partial charge in [-0.05, 0) is 19.3 Å². The highest BCUT2D eigenvalue weighted by Crippen LogP contribution is 2.43. The largest absolute Gasteiger partial charge is 0.481 e. The molecule has 0 aliphatic heterocycles. The van der Waals surface area contributed by atoms with Crippen LogP contribution in [0.1, 0.15) is 32.6 Å². The number of thioether (sulfide) groups is 1. The molecule has 1 fully saturated rings. The molecular weight excluding hydrogens is 226 g/mol. The van der Waals surface area contributed by atoms with Crippen molar-refractivity contribution in [1.29, 1.82) is 0 Å². The zero-order valence-corrected chi connectivity index (χ0v) is 10.4. The van der Waals surface area contributed by atoms with Crippen LogP contribution in [0.3, 0.4) is 0 Å². The molecule has 1 aliphatic rings. The summed E-state index contributed by atoms with van der Waals surface area (Å²) in [7, 11) is 0. The number of nitrogens with one attached hydrogen (secondary N) is 1. The number of carboxylic acids is 1. The molecule has 4 nitrogen and oxygen atoms in total. The SMILES string of the molecule is CCC1(C(=O)NCCSCC(=O)O)CCC1. The third-order valence-corrected chi connectivity index (χ3v) is 4.17. The van der Waals surface area contributed by atoms with E-state index in [1.807, 2.05) is 0 Å². The normalized spacial score (nSPS) is 17.6. The van der Waals surface area contributed by atoms with E-state index >= 15 is 0 Å². The zero-order valence-electron chi connectivity index (χ0n) is 9.62. The Hall–Kier alpha value is -0.710. The topological polar surface area (TPSA) is 66.4 Å². The Kier molecular flexibility index (Phi) is 5.12. The molecular formula is C11H19NO3S. The number of hydrogen-bond acceptors (Lipinski definition) is 3. The molecule has 1 rings (SSSR count). The molecule has 0 atom stereocenters. The van der Waals surface area contributed by atoms with Gasteiger partial charge in [0.1, 0.15) is 0 Å². The molecule has 2 N–H and O–H groups in total. The minimum atomic E-state index is -0.805. The minimum Gasteiger partial charge on any atom is -0.481 e. The van der Waals surface area contributed by atoms with Crippen LogP contribution in [0.4, 0.5) is 0 Å². The predicted octanol–water partition coefficient (Wildman–Crippen LogP) is 1.50. The highest BCUT2D eigenvalue weighted by molar-refractivity contribution is 7.99. The van der Waals surface area contributed by atoms with Crippen molar-refractivity contribution in [1.82, 2.24) is 5.32 Å². The summed E-state index contributed by atoms with van der Waals surface area (Å²) in [5.74, 6) is 0.115. The van der Waals surface area contributed by atoms with Gasteiger partial charge in [-0.2, -0.15) is 0 Å². The first-order valence-corrected chi connectivity index (χ1v) is 6.84. The van der Waals surface area contributed by atoms with Gasteiger partial charge < -0.3 is 10.4 Å². The van der Waals surface area contributed by atoms with Crippen LogP contribution >= 0.6 is 11.8 Å². The molecule has 1 saturated carbocycles. The van der Waals surface area contributed by atoms with E-state index in [4.69, 9.17) is 5.11 Å². The second kappa shape index (κ2) is 6.13. The average molecular weight is 245 g/mol. The molecule has 0 radical (unpaired) electrons.